The largest absolute Gasteiger partial charge is 0.396 e. The van der Waals surface area contributed by atoms with E-state index < -0.39 is 0 Å². The Morgan fingerprint density at radius 2 is 1.64 bits per heavy atom. The average molecular weight is 157 g/mol. The van der Waals surface area contributed by atoms with E-state index in [0.717, 1.165) is 25.7 Å². The van der Waals surface area contributed by atoms with Crippen LogP contribution in [0.5, 0.6) is 0 Å². The fraction of sp³-hybridized carbons (Fsp3) is 0.889. The maximum Gasteiger partial charge on any atom is 0.114 e. The number of hydrogen-bond acceptors (Lipinski definition) is 2. The monoisotopic (exact) mass is 157 g/mol. The van der Waals surface area contributed by atoms with Crippen LogP contribution >= 0.6 is 0 Å². The summed E-state index contributed by atoms with van der Waals surface area (Å²) in [5.74, 6) is 0. The van der Waals surface area contributed by atoms with E-state index >= 15 is 0 Å². The summed E-state index contributed by atoms with van der Waals surface area (Å²) >= 11 is 0. The molecule has 11 heavy (non-hydrogen) atoms. The van der Waals surface area contributed by atoms with Crippen LogP contribution in [0.1, 0.15) is 46.5 Å². The van der Waals surface area contributed by atoms with Crippen molar-refractivity contribution in [1.82, 2.24) is 0 Å². The maximum atomic E-state index is 4.99. The molecule has 0 radical (unpaired) electrons. The Morgan fingerprint density at radius 3 is 2.00 bits per heavy atom. The van der Waals surface area contributed by atoms with Gasteiger partial charge in [0.2, 0.25) is 0 Å². The molecule has 2 heteroatoms. The Balaban J connectivity index is 3.66. The van der Waals surface area contributed by atoms with Crippen molar-refractivity contribution in [3.63, 3.8) is 0 Å². The zero-order valence-corrected chi connectivity index (χ0v) is 7.89. The van der Waals surface area contributed by atoms with Gasteiger partial charge >= 0.3 is 0 Å². The van der Waals surface area contributed by atoms with E-state index in [1.165, 1.54) is 5.71 Å². The van der Waals surface area contributed by atoms with Gasteiger partial charge in [-0.1, -0.05) is 31.8 Å². The topological polar surface area (TPSA) is 21.6 Å². The molecule has 0 bridgehead atoms. The third-order valence-corrected chi connectivity index (χ3v) is 1.40. The van der Waals surface area contributed by atoms with Gasteiger partial charge in [0.05, 0.1) is 5.71 Å². The first-order chi connectivity index (χ1) is 5.35. The van der Waals surface area contributed by atoms with Crippen LogP contribution in [0.15, 0.2) is 5.16 Å². The maximum absolute atomic E-state index is 4.99. The molecule has 0 fully saturated rings. The first-order valence-electron chi connectivity index (χ1n) is 4.52. The van der Waals surface area contributed by atoms with Gasteiger partial charge in [0.25, 0.3) is 0 Å². The van der Waals surface area contributed by atoms with Gasteiger partial charge in [0.15, 0.2) is 0 Å². The molecule has 0 aliphatic heterocycles. The highest BCUT2D eigenvalue weighted by atomic mass is 16.6. The highest BCUT2D eigenvalue weighted by molar-refractivity contribution is 5.83. The van der Waals surface area contributed by atoms with Crippen LogP contribution in [-0.2, 0) is 4.84 Å². The van der Waals surface area contributed by atoms with Gasteiger partial charge in [-0.3, -0.25) is 0 Å². The van der Waals surface area contributed by atoms with Crippen molar-refractivity contribution in [3.05, 3.63) is 0 Å². The van der Waals surface area contributed by atoms with Gasteiger partial charge in [-0.15, -0.1) is 0 Å². The molecule has 0 amide bonds. The van der Waals surface area contributed by atoms with Crippen molar-refractivity contribution in [2.45, 2.75) is 46.5 Å². The molecule has 0 aliphatic carbocycles. The van der Waals surface area contributed by atoms with Gasteiger partial charge in [-0.05, 0) is 19.8 Å². The van der Waals surface area contributed by atoms with E-state index in [1.807, 2.05) is 6.92 Å². The Hall–Kier alpha value is -0.530. The minimum Gasteiger partial charge on any atom is -0.396 e. The smallest absolute Gasteiger partial charge is 0.114 e. The second-order valence-electron chi connectivity index (χ2n) is 2.58. The van der Waals surface area contributed by atoms with Crippen molar-refractivity contribution in [1.29, 1.82) is 0 Å². The molecule has 66 valence electrons. The molecule has 0 spiro atoms. The molecule has 0 aromatic rings. The van der Waals surface area contributed by atoms with E-state index in [2.05, 4.69) is 19.0 Å². The van der Waals surface area contributed by atoms with E-state index in [9.17, 15) is 0 Å². The molecule has 0 saturated heterocycles. The lowest BCUT2D eigenvalue weighted by Gasteiger charge is -2.01. The van der Waals surface area contributed by atoms with Gasteiger partial charge in [-0.25, -0.2) is 0 Å². The van der Waals surface area contributed by atoms with E-state index in [-0.39, 0.29) is 0 Å². The van der Waals surface area contributed by atoms with Gasteiger partial charge < -0.3 is 4.84 Å². The normalized spacial score (nSPS) is 9.36. The van der Waals surface area contributed by atoms with Crippen LogP contribution in [0.25, 0.3) is 0 Å². The Labute approximate surface area is 69.6 Å². The fourth-order valence-electron chi connectivity index (χ4n) is 0.949. The lowest BCUT2D eigenvalue weighted by Crippen LogP contribution is -1.98. The molecule has 0 heterocycles. The van der Waals surface area contributed by atoms with Crippen molar-refractivity contribution in [2.24, 2.45) is 5.16 Å². The van der Waals surface area contributed by atoms with Crippen molar-refractivity contribution in [3.8, 4) is 0 Å². The molecule has 0 aromatic heterocycles. The van der Waals surface area contributed by atoms with Crippen molar-refractivity contribution in [2.75, 3.05) is 6.61 Å². The van der Waals surface area contributed by atoms with Crippen LogP contribution in [-0.4, -0.2) is 12.3 Å². The molecule has 0 aliphatic rings. The SMILES string of the molecule is CCCC(CCC)=NOCC. The molecule has 0 aromatic carbocycles. The van der Waals surface area contributed by atoms with Crippen molar-refractivity contribution < 1.29 is 4.84 Å². The molecule has 0 unspecified atom stereocenters. The first-order valence-corrected chi connectivity index (χ1v) is 4.52. The second-order valence-corrected chi connectivity index (χ2v) is 2.58. The standard InChI is InChI=1S/C9H19NO/c1-4-7-9(8-5-2)10-11-6-3/h4-8H2,1-3H3. The number of nitrogens with zero attached hydrogens (tertiary/aromatic N) is 1. The highest BCUT2D eigenvalue weighted by Crippen LogP contribution is 2.00. The molecular weight excluding hydrogens is 138 g/mol. The van der Waals surface area contributed by atoms with Crippen LogP contribution in [0.2, 0.25) is 0 Å². The number of rotatable bonds is 6. The fourth-order valence-corrected chi connectivity index (χ4v) is 0.949. The lowest BCUT2D eigenvalue weighted by molar-refractivity contribution is 0.157. The molecular formula is C9H19NO. The summed E-state index contributed by atoms with van der Waals surface area (Å²) in [6.45, 7) is 6.96. The van der Waals surface area contributed by atoms with Crippen molar-refractivity contribution >= 4 is 5.71 Å². The van der Waals surface area contributed by atoms with Crippen LogP contribution in [0.3, 0.4) is 0 Å². The first kappa shape index (κ1) is 10.5. The van der Waals surface area contributed by atoms with Crippen LogP contribution in [0, 0.1) is 0 Å². The predicted octanol–water partition coefficient (Wildman–Crippen LogP) is 2.98. The molecule has 0 saturated carbocycles. The average Bonchev–Trinajstić information content (AvgIpc) is 2.01. The molecule has 2 nitrogen and oxygen atoms in total. The Morgan fingerprint density at radius 1 is 1.09 bits per heavy atom. The Kier molecular flexibility index (Phi) is 7.21. The molecule has 0 N–H and O–H groups in total. The zero-order chi connectivity index (χ0) is 8.53. The van der Waals surface area contributed by atoms with Gasteiger partial charge in [-0.2, -0.15) is 0 Å². The van der Waals surface area contributed by atoms with Gasteiger partial charge in [0, 0.05) is 0 Å². The Bertz CT molecular complexity index is 102. The molecule has 0 atom stereocenters. The zero-order valence-electron chi connectivity index (χ0n) is 7.89. The van der Waals surface area contributed by atoms with Gasteiger partial charge in [0.1, 0.15) is 6.61 Å². The quantitative estimate of drug-likeness (QED) is 0.429. The third-order valence-electron chi connectivity index (χ3n) is 1.40. The second kappa shape index (κ2) is 7.58. The minimum absolute atomic E-state index is 0.678. The summed E-state index contributed by atoms with van der Waals surface area (Å²) in [5.41, 5.74) is 1.21. The summed E-state index contributed by atoms with van der Waals surface area (Å²) < 4.78 is 0. The predicted molar refractivity (Wildman–Crippen MR) is 48.9 cm³/mol. The minimum atomic E-state index is 0.678. The third kappa shape index (κ3) is 5.89. The lowest BCUT2D eigenvalue weighted by atomic mass is 10.1. The van der Waals surface area contributed by atoms with E-state index in [4.69, 9.17) is 4.84 Å². The summed E-state index contributed by atoms with van der Waals surface area (Å²) in [4.78, 5) is 4.99. The van der Waals surface area contributed by atoms with E-state index in [1.54, 1.807) is 0 Å². The summed E-state index contributed by atoms with van der Waals surface area (Å²) in [6.07, 6.45) is 4.47. The van der Waals surface area contributed by atoms with Crippen LogP contribution < -0.4 is 0 Å². The van der Waals surface area contributed by atoms with Crippen LogP contribution in [0.4, 0.5) is 0 Å². The summed E-state index contributed by atoms with van der Waals surface area (Å²) in [7, 11) is 0. The summed E-state index contributed by atoms with van der Waals surface area (Å²) in [6, 6.07) is 0. The highest BCUT2D eigenvalue weighted by Gasteiger charge is 1.96. The number of hydrogen-bond donors (Lipinski definition) is 0. The number of oxime groups is 1. The molecule has 0 rings (SSSR count). The van der Waals surface area contributed by atoms with E-state index in [0.29, 0.717) is 6.61 Å². The summed E-state index contributed by atoms with van der Waals surface area (Å²) in [5, 5.41) is 4.04.